The molecule has 0 saturated carbocycles. The number of carbonyl (C=O) groups is 1. The van der Waals surface area contributed by atoms with E-state index < -0.39 is 0 Å². The Balaban J connectivity index is 2.03. The van der Waals surface area contributed by atoms with Gasteiger partial charge in [0, 0.05) is 23.5 Å². The summed E-state index contributed by atoms with van der Waals surface area (Å²) in [6.07, 6.45) is 3.00. The number of ketones is 1. The second-order valence-corrected chi connectivity index (χ2v) is 5.30. The van der Waals surface area contributed by atoms with E-state index >= 15 is 0 Å². The third-order valence-electron chi connectivity index (χ3n) is 3.54. The molecule has 0 aliphatic carbocycles. The Hall–Kier alpha value is -2.73. The van der Waals surface area contributed by atoms with Gasteiger partial charge in [-0.1, -0.05) is 16.8 Å². The molecule has 108 valence electrons. The summed E-state index contributed by atoms with van der Waals surface area (Å²) >= 11 is 6.08. The topological polar surface area (TPSA) is 73.8 Å². The van der Waals surface area contributed by atoms with Crippen molar-refractivity contribution in [1.82, 2.24) is 19.7 Å². The fraction of sp³-hybridized carbons (Fsp3) is 0.0667. The lowest BCUT2D eigenvalue weighted by molar-refractivity contribution is 0.101. The first kappa shape index (κ1) is 13.0. The molecular formula is C15H9ClN4O2. The van der Waals surface area contributed by atoms with Gasteiger partial charge in [-0.25, -0.2) is 4.98 Å². The van der Waals surface area contributed by atoms with Gasteiger partial charge in [-0.2, -0.15) is 0 Å². The van der Waals surface area contributed by atoms with Crippen LogP contribution in [0.2, 0.25) is 5.02 Å². The molecule has 4 aromatic rings. The molecule has 3 heterocycles. The van der Waals surface area contributed by atoms with Gasteiger partial charge in [0.25, 0.3) is 0 Å². The molecule has 0 aliphatic rings. The number of rotatable bonds is 2. The Morgan fingerprint density at radius 2 is 2.14 bits per heavy atom. The van der Waals surface area contributed by atoms with Gasteiger partial charge in [0.1, 0.15) is 11.8 Å². The minimum atomic E-state index is -0.303. The van der Waals surface area contributed by atoms with E-state index in [9.17, 15) is 4.79 Å². The first-order chi connectivity index (χ1) is 10.6. The van der Waals surface area contributed by atoms with Crippen molar-refractivity contribution in [2.75, 3.05) is 0 Å². The quantitative estimate of drug-likeness (QED) is 0.532. The molecule has 0 spiro atoms. The highest BCUT2D eigenvalue weighted by Crippen LogP contribution is 2.27. The molecule has 3 aromatic heterocycles. The number of halogens is 1. The van der Waals surface area contributed by atoms with Gasteiger partial charge < -0.3 is 9.09 Å². The average Bonchev–Trinajstić information content (AvgIpc) is 3.15. The highest BCUT2D eigenvalue weighted by Gasteiger charge is 2.21. The summed E-state index contributed by atoms with van der Waals surface area (Å²) in [5, 5.41) is 5.12. The summed E-state index contributed by atoms with van der Waals surface area (Å²) < 4.78 is 6.45. The van der Waals surface area contributed by atoms with Gasteiger partial charge in [-0.15, -0.1) is 0 Å². The molecule has 0 atom stereocenters. The molecule has 7 heteroatoms. The maximum absolute atomic E-state index is 12.4. The number of imidazole rings is 1. The van der Waals surface area contributed by atoms with Crippen molar-refractivity contribution in [2.24, 2.45) is 7.05 Å². The fourth-order valence-electron chi connectivity index (χ4n) is 2.52. The average molecular weight is 313 g/mol. The third-order valence-corrected chi connectivity index (χ3v) is 3.77. The van der Waals surface area contributed by atoms with Gasteiger partial charge in [0.2, 0.25) is 5.78 Å². The molecule has 0 bridgehead atoms. The zero-order valence-electron chi connectivity index (χ0n) is 11.4. The number of aromatic nitrogens is 4. The predicted molar refractivity (Wildman–Crippen MR) is 81.0 cm³/mol. The summed E-state index contributed by atoms with van der Waals surface area (Å²) in [6, 6.07) is 6.94. The normalized spacial score (nSPS) is 11.4. The number of hydrogen-bond donors (Lipinski definition) is 0. The van der Waals surface area contributed by atoms with Crippen LogP contribution in [-0.4, -0.2) is 25.5 Å². The monoisotopic (exact) mass is 312 g/mol. The first-order valence-corrected chi connectivity index (χ1v) is 6.89. The molecule has 1 aromatic carbocycles. The van der Waals surface area contributed by atoms with Crippen LogP contribution in [-0.2, 0) is 7.05 Å². The van der Waals surface area contributed by atoms with Crippen LogP contribution in [0.5, 0.6) is 0 Å². The SMILES string of the molecule is Cn1c(C(=O)c2ccon2)nc2cnc3ccc(Cl)cc3c21. The van der Waals surface area contributed by atoms with Crippen LogP contribution in [0.1, 0.15) is 16.3 Å². The molecule has 0 fully saturated rings. The zero-order chi connectivity index (χ0) is 15.3. The van der Waals surface area contributed by atoms with E-state index in [1.807, 2.05) is 12.1 Å². The van der Waals surface area contributed by atoms with E-state index in [1.54, 1.807) is 23.9 Å². The second kappa shape index (κ2) is 4.64. The Kier molecular flexibility index (Phi) is 2.74. The maximum atomic E-state index is 12.4. The lowest BCUT2D eigenvalue weighted by Gasteiger charge is -2.03. The lowest BCUT2D eigenvalue weighted by Crippen LogP contribution is -2.09. The van der Waals surface area contributed by atoms with Crippen LogP contribution in [0, 0.1) is 0 Å². The van der Waals surface area contributed by atoms with E-state index in [-0.39, 0.29) is 17.3 Å². The number of carbonyl (C=O) groups excluding carboxylic acids is 1. The standard InChI is InChI=1S/C15H9ClN4O2/c1-20-13-9-6-8(16)2-3-10(9)17-7-12(13)18-15(20)14(21)11-4-5-22-19-11/h2-7H,1H3. The predicted octanol–water partition coefficient (Wildman–Crippen LogP) is 2.99. The van der Waals surface area contributed by atoms with Crippen molar-refractivity contribution < 1.29 is 9.32 Å². The van der Waals surface area contributed by atoms with Crippen LogP contribution in [0.4, 0.5) is 0 Å². The highest BCUT2D eigenvalue weighted by molar-refractivity contribution is 6.31. The van der Waals surface area contributed by atoms with Gasteiger partial charge in [-0.05, 0) is 18.2 Å². The van der Waals surface area contributed by atoms with E-state index in [0.717, 1.165) is 16.4 Å². The molecule has 0 amide bonds. The smallest absolute Gasteiger partial charge is 0.250 e. The molecule has 4 rings (SSSR count). The van der Waals surface area contributed by atoms with Crippen molar-refractivity contribution in [2.45, 2.75) is 0 Å². The van der Waals surface area contributed by atoms with Crippen LogP contribution >= 0.6 is 11.6 Å². The van der Waals surface area contributed by atoms with Crippen LogP contribution in [0.25, 0.3) is 21.9 Å². The maximum Gasteiger partial charge on any atom is 0.250 e. The zero-order valence-corrected chi connectivity index (χ0v) is 12.2. The van der Waals surface area contributed by atoms with Crippen LogP contribution in [0.15, 0.2) is 41.2 Å². The van der Waals surface area contributed by atoms with Crippen molar-refractivity contribution in [3.63, 3.8) is 0 Å². The molecule has 0 saturated heterocycles. The van der Waals surface area contributed by atoms with Crippen molar-refractivity contribution in [3.05, 3.63) is 53.3 Å². The van der Waals surface area contributed by atoms with Crippen LogP contribution in [0.3, 0.4) is 0 Å². The van der Waals surface area contributed by atoms with Crippen LogP contribution < -0.4 is 0 Å². The number of hydrogen-bond acceptors (Lipinski definition) is 5. The number of fused-ring (bicyclic) bond motifs is 3. The Morgan fingerprint density at radius 1 is 1.27 bits per heavy atom. The Bertz CT molecular complexity index is 1020. The van der Waals surface area contributed by atoms with Gasteiger partial charge in [-0.3, -0.25) is 9.78 Å². The number of aryl methyl sites for hydroxylation is 1. The number of benzene rings is 1. The van der Waals surface area contributed by atoms with Gasteiger partial charge >= 0.3 is 0 Å². The second-order valence-electron chi connectivity index (χ2n) is 4.86. The van der Waals surface area contributed by atoms with Crippen molar-refractivity contribution in [3.8, 4) is 0 Å². The Labute approximate surface area is 129 Å². The molecule has 22 heavy (non-hydrogen) atoms. The molecule has 0 unspecified atom stereocenters. The van der Waals surface area contributed by atoms with Gasteiger partial charge in [0.15, 0.2) is 11.5 Å². The Morgan fingerprint density at radius 3 is 2.91 bits per heavy atom. The molecule has 0 aliphatic heterocycles. The number of pyridine rings is 1. The third kappa shape index (κ3) is 1.81. The summed E-state index contributed by atoms with van der Waals surface area (Å²) in [4.78, 5) is 21.2. The lowest BCUT2D eigenvalue weighted by atomic mass is 10.2. The van der Waals surface area contributed by atoms with E-state index in [1.165, 1.54) is 12.3 Å². The summed E-state index contributed by atoms with van der Waals surface area (Å²) in [7, 11) is 1.78. The molecule has 0 N–H and O–H groups in total. The van der Waals surface area contributed by atoms with Gasteiger partial charge in [0.05, 0.1) is 17.2 Å². The van der Waals surface area contributed by atoms with Crippen molar-refractivity contribution >= 4 is 39.3 Å². The first-order valence-electron chi connectivity index (χ1n) is 6.51. The fourth-order valence-corrected chi connectivity index (χ4v) is 2.69. The number of nitrogens with zero attached hydrogens (tertiary/aromatic N) is 4. The van der Waals surface area contributed by atoms with E-state index in [0.29, 0.717) is 10.5 Å². The molecule has 6 nitrogen and oxygen atoms in total. The van der Waals surface area contributed by atoms with Crippen molar-refractivity contribution in [1.29, 1.82) is 0 Å². The molecule has 0 radical (unpaired) electrons. The minimum Gasteiger partial charge on any atom is -0.364 e. The molecular weight excluding hydrogens is 304 g/mol. The minimum absolute atomic E-state index is 0.216. The van der Waals surface area contributed by atoms with E-state index in [4.69, 9.17) is 16.1 Å². The van der Waals surface area contributed by atoms with E-state index in [2.05, 4.69) is 15.1 Å². The summed E-state index contributed by atoms with van der Waals surface area (Å²) in [5.74, 6) is -0.0270. The highest BCUT2D eigenvalue weighted by atomic mass is 35.5. The summed E-state index contributed by atoms with van der Waals surface area (Å²) in [5.41, 5.74) is 2.44. The largest absolute Gasteiger partial charge is 0.364 e. The summed E-state index contributed by atoms with van der Waals surface area (Å²) in [6.45, 7) is 0.